The molecule has 2 rings (SSSR count). The number of likely N-dealkylation sites (tertiary alicyclic amines) is 1. The van der Waals surface area contributed by atoms with E-state index >= 15 is 0 Å². The van der Waals surface area contributed by atoms with Crippen LogP contribution in [0.3, 0.4) is 0 Å². The lowest BCUT2D eigenvalue weighted by molar-refractivity contribution is -0.119. The van der Waals surface area contributed by atoms with Crippen molar-refractivity contribution in [1.29, 1.82) is 0 Å². The van der Waals surface area contributed by atoms with Gasteiger partial charge in [0.25, 0.3) is 0 Å². The van der Waals surface area contributed by atoms with Gasteiger partial charge < -0.3 is 11.1 Å². The standard InChI is InChI=1S/C16H25N3O/c1-13(14-5-3-2-4-6-14)11-18-15-7-9-19(10-8-15)12-16(17)20/h2-6,13,15,18H,7-12H2,1H3,(H2,17,20). The number of primary amides is 1. The van der Waals surface area contributed by atoms with Crippen molar-refractivity contribution in [3.63, 3.8) is 0 Å². The van der Waals surface area contributed by atoms with Crippen LogP contribution >= 0.6 is 0 Å². The van der Waals surface area contributed by atoms with E-state index in [-0.39, 0.29) is 5.91 Å². The zero-order valence-corrected chi connectivity index (χ0v) is 12.2. The second-order valence-corrected chi connectivity index (χ2v) is 5.74. The third kappa shape index (κ3) is 4.62. The summed E-state index contributed by atoms with van der Waals surface area (Å²) in [6.45, 7) is 5.57. The van der Waals surface area contributed by atoms with Gasteiger partial charge in [0.05, 0.1) is 6.54 Å². The van der Waals surface area contributed by atoms with Gasteiger partial charge in [-0.05, 0) is 24.3 Å². The molecule has 1 aliphatic rings. The zero-order valence-electron chi connectivity index (χ0n) is 12.2. The Hall–Kier alpha value is -1.39. The maximum absolute atomic E-state index is 10.9. The minimum atomic E-state index is -0.228. The van der Waals surface area contributed by atoms with Crippen LogP contribution in [0.4, 0.5) is 0 Å². The molecule has 20 heavy (non-hydrogen) atoms. The van der Waals surface area contributed by atoms with Gasteiger partial charge in [-0.1, -0.05) is 37.3 Å². The SMILES string of the molecule is CC(CNC1CCN(CC(N)=O)CC1)c1ccccc1. The van der Waals surface area contributed by atoms with E-state index in [4.69, 9.17) is 5.73 Å². The highest BCUT2D eigenvalue weighted by molar-refractivity contribution is 5.75. The van der Waals surface area contributed by atoms with Crippen LogP contribution in [0.25, 0.3) is 0 Å². The molecule has 3 N–H and O–H groups in total. The number of amides is 1. The first kappa shape index (κ1) is 15.0. The number of nitrogens with one attached hydrogen (secondary N) is 1. The van der Waals surface area contributed by atoms with Gasteiger partial charge in [-0.3, -0.25) is 9.69 Å². The van der Waals surface area contributed by atoms with Crippen LogP contribution in [-0.2, 0) is 4.79 Å². The maximum Gasteiger partial charge on any atom is 0.231 e. The van der Waals surface area contributed by atoms with Crippen molar-refractivity contribution in [1.82, 2.24) is 10.2 Å². The minimum Gasteiger partial charge on any atom is -0.369 e. The van der Waals surface area contributed by atoms with Crippen molar-refractivity contribution in [2.24, 2.45) is 5.73 Å². The second kappa shape index (κ2) is 7.41. The fourth-order valence-corrected chi connectivity index (χ4v) is 2.76. The van der Waals surface area contributed by atoms with Crippen molar-refractivity contribution in [3.05, 3.63) is 35.9 Å². The van der Waals surface area contributed by atoms with Gasteiger partial charge in [-0.2, -0.15) is 0 Å². The van der Waals surface area contributed by atoms with Gasteiger partial charge >= 0.3 is 0 Å². The van der Waals surface area contributed by atoms with Gasteiger partial charge in [-0.25, -0.2) is 0 Å². The Bertz CT molecular complexity index is 413. The molecule has 1 aromatic rings. The molecule has 1 unspecified atom stereocenters. The number of piperidine rings is 1. The normalized spacial score (nSPS) is 18.9. The van der Waals surface area contributed by atoms with Crippen molar-refractivity contribution in [2.45, 2.75) is 31.7 Å². The Morgan fingerprint density at radius 3 is 2.60 bits per heavy atom. The summed E-state index contributed by atoms with van der Waals surface area (Å²) in [5, 5.41) is 3.65. The zero-order chi connectivity index (χ0) is 14.4. The molecule has 0 aromatic heterocycles. The van der Waals surface area contributed by atoms with E-state index in [0.717, 1.165) is 32.5 Å². The summed E-state index contributed by atoms with van der Waals surface area (Å²) in [6.07, 6.45) is 2.18. The molecule has 110 valence electrons. The number of hydrogen-bond donors (Lipinski definition) is 2. The number of carbonyl (C=O) groups is 1. The van der Waals surface area contributed by atoms with Crippen LogP contribution in [0.1, 0.15) is 31.2 Å². The van der Waals surface area contributed by atoms with E-state index in [9.17, 15) is 4.79 Å². The third-order valence-corrected chi connectivity index (χ3v) is 4.05. The molecule has 0 saturated carbocycles. The quantitative estimate of drug-likeness (QED) is 0.823. The average Bonchev–Trinajstić information content (AvgIpc) is 2.46. The number of hydrogen-bond acceptors (Lipinski definition) is 3. The first-order valence-electron chi connectivity index (χ1n) is 7.44. The summed E-state index contributed by atoms with van der Waals surface area (Å²) in [5.74, 6) is 0.300. The summed E-state index contributed by atoms with van der Waals surface area (Å²) < 4.78 is 0. The van der Waals surface area contributed by atoms with E-state index in [1.807, 2.05) is 0 Å². The average molecular weight is 275 g/mol. The largest absolute Gasteiger partial charge is 0.369 e. The van der Waals surface area contributed by atoms with Gasteiger partial charge in [-0.15, -0.1) is 0 Å². The molecule has 4 heteroatoms. The molecule has 1 heterocycles. The smallest absolute Gasteiger partial charge is 0.231 e. The van der Waals surface area contributed by atoms with Gasteiger partial charge in [0.15, 0.2) is 0 Å². The molecule has 0 spiro atoms. The lowest BCUT2D eigenvalue weighted by atomic mass is 9.99. The summed E-state index contributed by atoms with van der Waals surface area (Å²) in [4.78, 5) is 13.0. The van der Waals surface area contributed by atoms with Crippen LogP contribution in [-0.4, -0.2) is 43.0 Å². The van der Waals surface area contributed by atoms with Crippen molar-refractivity contribution >= 4 is 5.91 Å². The number of benzene rings is 1. The lowest BCUT2D eigenvalue weighted by Crippen LogP contribution is -2.45. The monoisotopic (exact) mass is 275 g/mol. The highest BCUT2D eigenvalue weighted by Crippen LogP contribution is 2.15. The molecule has 1 fully saturated rings. The Labute approximate surface area is 121 Å². The molecule has 0 radical (unpaired) electrons. The van der Waals surface area contributed by atoms with Crippen molar-refractivity contribution in [3.8, 4) is 0 Å². The fraction of sp³-hybridized carbons (Fsp3) is 0.562. The molecular weight excluding hydrogens is 250 g/mol. The summed E-state index contributed by atoms with van der Waals surface area (Å²) in [7, 11) is 0. The Morgan fingerprint density at radius 2 is 2.00 bits per heavy atom. The molecule has 1 aromatic carbocycles. The van der Waals surface area contributed by atoms with Crippen LogP contribution in [0.15, 0.2) is 30.3 Å². The number of nitrogens with two attached hydrogens (primary N) is 1. The van der Waals surface area contributed by atoms with E-state index in [1.165, 1.54) is 5.56 Å². The van der Waals surface area contributed by atoms with E-state index in [2.05, 4.69) is 47.5 Å². The molecule has 4 nitrogen and oxygen atoms in total. The van der Waals surface area contributed by atoms with E-state index in [0.29, 0.717) is 18.5 Å². The highest BCUT2D eigenvalue weighted by atomic mass is 16.1. The Balaban J connectivity index is 1.70. The van der Waals surface area contributed by atoms with Gasteiger partial charge in [0, 0.05) is 25.7 Å². The number of nitrogens with zero attached hydrogens (tertiary/aromatic N) is 1. The topological polar surface area (TPSA) is 58.4 Å². The van der Waals surface area contributed by atoms with Crippen molar-refractivity contribution < 1.29 is 4.79 Å². The first-order valence-corrected chi connectivity index (χ1v) is 7.44. The van der Waals surface area contributed by atoms with Crippen LogP contribution in [0, 0.1) is 0 Å². The summed E-state index contributed by atoms with van der Waals surface area (Å²) in [5.41, 5.74) is 6.61. The van der Waals surface area contributed by atoms with Crippen molar-refractivity contribution in [2.75, 3.05) is 26.2 Å². The number of rotatable bonds is 6. The number of carbonyl (C=O) groups excluding carboxylic acids is 1. The van der Waals surface area contributed by atoms with Crippen LogP contribution in [0.5, 0.6) is 0 Å². The molecular formula is C16H25N3O. The van der Waals surface area contributed by atoms with Gasteiger partial charge in [0.2, 0.25) is 5.91 Å². The predicted molar refractivity (Wildman–Crippen MR) is 81.5 cm³/mol. The van der Waals surface area contributed by atoms with E-state index < -0.39 is 0 Å². The molecule has 0 bridgehead atoms. The van der Waals surface area contributed by atoms with E-state index in [1.54, 1.807) is 0 Å². The molecule has 1 aliphatic heterocycles. The predicted octanol–water partition coefficient (Wildman–Crippen LogP) is 1.33. The van der Waals surface area contributed by atoms with Crippen LogP contribution < -0.4 is 11.1 Å². The molecule has 1 amide bonds. The van der Waals surface area contributed by atoms with Gasteiger partial charge in [0.1, 0.15) is 0 Å². The fourth-order valence-electron chi connectivity index (χ4n) is 2.76. The second-order valence-electron chi connectivity index (χ2n) is 5.74. The first-order chi connectivity index (χ1) is 9.65. The third-order valence-electron chi connectivity index (χ3n) is 4.05. The molecule has 1 saturated heterocycles. The lowest BCUT2D eigenvalue weighted by Gasteiger charge is -2.32. The molecule has 1 atom stereocenters. The van der Waals surface area contributed by atoms with Crippen LogP contribution in [0.2, 0.25) is 0 Å². The Kier molecular flexibility index (Phi) is 5.56. The highest BCUT2D eigenvalue weighted by Gasteiger charge is 2.20. The molecule has 0 aliphatic carbocycles. The summed E-state index contributed by atoms with van der Waals surface area (Å²) >= 11 is 0. The minimum absolute atomic E-state index is 0.228. The summed E-state index contributed by atoms with van der Waals surface area (Å²) in [6, 6.07) is 11.2. The Morgan fingerprint density at radius 1 is 1.35 bits per heavy atom. The maximum atomic E-state index is 10.9.